The molecule has 1 saturated carbocycles. The number of rotatable bonds is 5. The van der Waals surface area contributed by atoms with Crippen LogP contribution in [-0.2, 0) is 0 Å². The Morgan fingerprint density at radius 1 is 1.15 bits per heavy atom. The molecule has 2 aliphatic rings. The summed E-state index contributed by atoms with van der Waals surface area (Å²) in [6, 6.07) is 3.24. The molecule has 1 amide bonds. The van der Waals surface area contributed by atoms with Crippen LogP contribution in [0.4, 0.5) is 0 Å². The van der Waals surface area contributed by atoms with Gasteiger partial charge in [0.2, 0.25) is 0 Å². The van der Waals surface area contributed by atoms with E-state index >= 15 is 0 Å². The van der Waals surface area contributed by atoms with Crippen molar-refractivity contribution in [1.29, 1.82) is 0 Å². The Balaban J connectivity index is 1.57. The summed E-state index contributed by atoms with van der Waals surface area (Å²) in [5, 5.41) is 8.62. The highest BCUT2D eigenvalue weighted by Gasteiger charge is 2.32. The van der Waals surface area contributed by atoms with Gasteiger partial charge in [0.25, 0.3) is 5.91 Å². The summed E-state index contributed by atoms with van der Waals surface area (Å²) in [5.74, 6) is 0.274. The zero-order valence-corrected chi connectivity index (χ0v) is 16.9. The first kappa shape index (κ1) is 18.4. The van der Waals surface area contributed by atoms with Gasteiger partial charge >= 0.3 is 0 Å². The highest BCUT2D eigenvalue weighted by Crippen LogP contribution is 2.29. The second-order valence-corrected chi connectivity index (χ2v) is 8.68. The molecule has 6 heteroatoms. The van der Waals surface area contributed by atoms with Gasteiger partial charge < -0.3 is 10.2 Å². The Morgan fingerprint density at radius 2 is 1.85 bits per heavy atom. The number of carbonyl (C=O) groups is 1. The molecule has 1 aliphatic carbocycles. The summed E-state index contributed by atoms with van der Waals surface area (Å²) >= 11 is 0. The standard InChI is InChI=1S/C21H31N5O/c1-13(2)19-11-17(18-12-22-26(14(3)4)20(18)24-19)21(27)23-15-7-9-25(10-8-15)16-5-6-16/h11-16H,5-10H2,1-4H3,(H,23,27). The monoisotopic (exact) mass is 369 g/mol. The van der Waals surface area contributed by atoms with Crippen LogP contribution in [0.25, 0.3) is 11.0 Å². The maximum absolute atomic E-state index is 13.1. The third kappa shape index (κ3) is 3.72. The summed E-state index contributed by atoms with van der Waals surface area (Å²) in [6.45, 7) is 10.6. The fraction of sp³-hybridized carbons (Fsp3) is 0.667. The van der Waals surface area contributed by atoms with E-state index in [1.807, 2.05) is 10.7 Å². The zero-order valence-electron chi connectivity index (χ0n) is 16.9. The van der Waals surface area contributed by atoms with Crippen molar-refractivity contribution < 1.29 is 4.79 Å². The molecule has 3 heterocycles. The van der Waals surface area contributed by atoms with Crippen molar-refractivity contribution in [2.45, 2.75) is 77.4 Å². The maximum Gasteiger partial charge on any atom is 0.252 e. The fourth-order valence-corrected chi connectivity index (χ4v) is 4.01. The minimum atomic E-state index is 0.0116. The number of hydrogen-bond acceptors (Lipinski definition) is 4. The zero-order chi connectivity index (χ0) is 19.1. The molecule has 0 radical (unpaired) electrons. The van der Waals surface area contributed by atoms with E-state index in [2.05, 4.69) is 43.0 Å². The summed E-state index contributed by atoms with van der Waals surface area (Å²) in [5.41, 5.74) is 2.46. The van der Waals surface area contributed by atoms with Gasteiger partial charge in [0, 0.05) is 36.9 Å². The van der Waals surface area contributed by atoms with Crippen molar-refractivity contribution >= 4 is 16.9 Å². The van der Waals surface area contributed by atoms with E-state index < -0.39 is 0 Å². The Kier molecular flexibility index (Phi) is 4.93. The van der Waals surface area contributed by atoms with Crippen LogP contribution < -0.4 is 5.32 Å². The Bertz CT molecular complexity index is 828. The van der Waals surface area contributed by atoms with Crippen LogP contribution in [0.1, 0.15) is 81.4 Å². The number of likely N-dealkylation sites (tertiary alicyclic amines) is 1. The smallest absolute Gasteiger partial charge is 0.252 e. The quantitative estimate of drug-likeness (QED) is 0.876. The van der Waals surface area contributed by atoms with Gasteiger partial charge in [-0.25, -0.2) is 9.67 Å². The SMILES string of the molecule is CC(C)c1cc(C(=O)NC2CCN(C3CC3)CC2)c2cnn(C(C)C)c2n1. The number of hydrogen-bond donors (Lipinski definition) is 1. The Labute approximate surface area is 161 Å². The third-order valence-corrected chi connectivity index (χ3v) is 5.84. The second kappa shape index (κ2) is 7.23. The summed E-state index contributed by atoms with van der Waals surface area (Å²) in [6.07, 6.45) is 6.57. The number of nitrogens with zero attached hydrogens (tertiary/aromatic N) is 4. The van der Waals surface area contributed by atoms with Crippen LogP contribution in [0.3, 0.4) is 0 Å². The largest absolute Gasteiger partial charge is 0.349 e. The molecule has 0 unspecified atom stereocenters. The average Bonchev–Trinajstić information content (AvgIpc) is 3.39. The number of amides is 1. The molecule has 1 N–H and O–H groups in total. The molecule has 146 valence electrons. The van der Waals surface area contributed by atoms with E-state index in [0.717, 1.165) is 48.7 Å². The van der Waals surface area contributed by atoms with Crippen LogP contribution in [0.15, 0.2) is 12.3 Å². The minimum absolute atomic E-state index is 0.0116. The van der Waals surface area contributed by atoms with Gasteiger partial charge in [-0.2, -0.15) is 5.10 Å². The summed E-state index contributed by atoms with van der Waals surface area (Å²) in [4.78, 5) is 20.5. The number of pyridine rings is 1. The average molecular weight is 370 g/mol. The van der Waals surface area contributed by atoms with Crippen molar-refractivity contribution in [1.82, 2.24) is 25.0 Å². The lowest BCUT2D eigenvalue weighted by Crippen LogP contribution is -2.45. The van der Waals surface area contributed by atoms with Gasteiger partial charge in [0.1, 0.15) is 0 Å². The fourth-order valence-electron chi connectivity index (χ4n) is 4.01. The summed E-state index contributed by atoms with van der Waals surface area (Å²) < 4.78 is 1.91. The molecule has 0 aromatic carbocycles. The number of aromatic nitrogens is 3. The van der Waals surface area contributed by atoms with Crippen LogP contribution in [-0.4, -0.2) is 50.7 Å². The van der Waals surface area contributed by atoms with Crippen molar-refractivity contribution in [3.05, 3.63) is 23.5 Å². The van der Waals surface area contributed by atoms with Gasteiger partial charge in [-0.3, -0.25) is 4.79 Å². The lowest BCUT2D eigenvalue weighted by atomic mass is 10.0. The highest BCUT2D eigenvalue weighted by atomic mass is 16.1. The van der Waals surface area contributed by atoms with Gasteiger partial charge in [-0.1, -0.05) is 13.8 Å². The van der Waals surface area contributed by atoms with Crippen molar-refractivity contribution in [2.75, 3.05) is 13.1 Å². The van der Waals surface area contributed by atoms with Crippen LogP contribution >= 0.6 is 0 Å². The number of piperidine rings is 1. The van der Waals surface area contributed by atoms with E-state index in [0.29, 0.717) is 5.56 Å². The third-order valence-electron chi connectivity index (χ3n) is 5.84. The van der Waals surface area contributed by atoms with E-state index in [9.17, 15) is 4.79 Å². The van der Waals surface area contributed by atoms with Gasteiger partial charge in [-0.05, 0) is 51.5 Å². The topological polar surface area (TPSA) is 63.1 Å². The van der Waals surface area contributed by atoms with Gasteiger partial charge in [0.05, 0.1) is 17.1 Å². The van der Waals surface area contributed by atoms with E-state index in [-0.39, 0.29) is 23.9 Å². The molecule has 27 heavy (non-hydrogen) atoms. The van der Waals surface area contributed by atoms with E-state index in [1.54, 1.807) is 6.20 Å². The van der Waals surface area contributed by atoms with Crippen LogP contribution in [0.2, 0.25) is 0 Å². The molecule has 0 bridgehead atoms. The number of nitrogens with one attached hydrogen (secondary N) is 1. The predicted octanol–water partition coefficient (Wildman–Crippen LogP) is 3.49. The first-order valence-electron chi connectivity index (χ1n) is 10.4. The molecular weight excluding hydrogens is 338 g/mol. The van der Waals surface area contributed by atoms with Crippen LogP contribution in [0, 0.1) is 0 Å². The lowest BCUT2D eigenvalue weighted by Gasteiger charge is -2.32. The predicted molar refractivity (Wildman–Crippen MR) is 107 cm³/mol. The Morgan fingerprint density at radius 3 is 2.44 bits per heavy atom. The molecule has 1 aliphatic heterocycles. The first-order valence-corrected chi connectivity index (χ1v) is 10.4. The van der Waals surface area contributed by atoms with Gasteiger partial charge in [-0.15, -0.1) is 0 Å². The molecule has 2 aromatic rings. The molecule has 6 nitrogen and oxygen atoms in total. The molecule has 2 aromatic heterocycles. The first-order chi connectivity index (χ1) is 12.9. The molecule has 0 spiro atoms. The molecule has 1 saturated heterocycles. The number of fused-ring (bicyclic) bond motifs is 1. The van der Waals surface area contributed by atoms with E-state index in [4.69, 9.17) is 4.98 Å². The normalized spacial score (nSPS) is 19.3. The van der Waals surface area contributed by atoms with Crippen molar-refractivity contribution in [2.24, 2.45) is 0 Å². The van der Waals surface area contributed by atoms with E-state index in [1.165, 1.54) is 12.8 Å². The van der Waals surface area contributed by atoms with Crippen LogP contribution in [0.5, 0.6) is 0 Å². The molecule has 2 fully saturated rings. The molecule has 4 rings (SSSR count). The lowest BCUT2D eigenvalue weighted by molar-refractivity contribution is 0.0910. The highest BCUT2D eigenvalue weighted by molar-refractivity contribution is 6.05. The minimum Gasteiger partial charge on any atom is -0.349 e. The van der Waals surface area contributed by atoms with Gasteiger partial charge in [0.15, 0.2) is 5.65 Å². The molecule has 0 atom stereocenters. The van der Waals surface area contributed by atoms with Crippen molar-refractivity contribution in [3.63, 3.8) is 0 Å². The second-order valence-electron chi connectivity index (χ2n) is 8.68. The summed E-state index contributed by atoms with van der Waals surface area (Å²) in [7, 11) is 0. The molecular formula is C21H31N5O. The number of carbonyl (C=O) groups excluding carboxylic acids is 1. The van der Waals surface area contributed by atoms with Crippen molar-refractivity contribution in [3.8, 4) is 0 Å². The maximum atomic E-state index is 13.1. The Hall–Kier alpha value is -1.95.